The molecule has 0 radical (unpaired) electrons. The van der Waals surface area contributed by atoms with Gasteiger partial charge in [0.25, 0.3) is 0 Å². The number of hydrogen-bond acceptors (Lipinski definition) is 1. The highest BCUT2D eigenvalue weighted by atomic mass is 19.4. The Morgan fingerprint density at radius 1 is 0.300 bits per heavy atom. The zero-order valence-corrected chi connectivity index (χ0v) is 17.6. The van der Waals surface area contributed by atoms with E-state index in [2.05, 4.69) is 4.74 Å². The third-order valence-electron chi connectivity index (χ3n) is 4.69. The molecule has 0 amide bonds. The number of rotatable bonds is 12. The number of methoxy groups -OCH3 is 1. The van der Waals surface area contributed by atoms with Crippen molar-refractivity contribution in [3.63, 3.8) is 0 Å². The lowest BCUT2D eigenvalue weighted by atomic mass is 9.84. The van der Waals surface area contributed by atoms with Crippen LogP contribution in [-0.2, 0) is 4.74 Å². The van der Waals surface area contributed by atoms with Gasteiger partial charge in [0.1, 0.15) is 6.61 Å². The highest BCUT2D eigenvalue weighted by Gasteiger charge is 2.99. The smallest absolute Gasteiger partial charge is 0.378 e. The molecule has 0 aromatic carbocycles. The molecule has 0 atom stereocenters. The summed E-state index contributed by atoms with van der Waals surface area (Å²) < 4.78 is 332. The molecule has 242 valence electrons. The van der Waals surface area contributed by atoms with Crippen molar-refractivity contribution in [2.24, 2.45) is 0 Å². The van der Waals surface area contributed by atoms with Crippen LogP contribution in [0, 0.1) is 0 Å². The van der Waals surface area contributed by atoms with Gasteiger partial charge in [-0.2, -0.15) is 110 Å². The molecule has 0 rings (SSSR count). The fraction of sp³-hybridized carbons (Fsp3) is 1.00. The summed E-state index contributed by atoms with van der Waals surface area (Å²) in [5.74, 6) is -98.2. The highest BCUT2D eigenvalue weighted by Crippen LogP contribution is 2.67. The Balaban J connectivity index is 7.30. The highest BCUT2D eigenvalue weighted by molar-refractivity contribution is 5.19. The van der Waals surface area contributed by atoms with Crippen LogP contribution in [0.25, 0.3) is 0 Å². The third-order valence-corrected chi connectivity index (χ3v) is 4.69. The molecule has 0 N–H and O–H groups in total. The first-order valence-corrected chi connectivity index (χ1v) is 8.53. The van der Waals surface area contributed by atoms with Crippen molar-refractivity contribution in [2.45, 2.75) is 71.3 Å². The van der Waals surface area contributed by atoms with Gasteiger partial charge in [0.2, 0.25) is 0 Å². The minimum atomic E-state index is -9.58. The van der Waals surface area contributed by atoms with Gasteiger partial charge in [-0.25, -0.2) is 0 Å². The van der Waals surface area contributed by atoms with Gasteiger partial charge in [-0.15, -0.1) is 0 Å². The van der Waals surface area contributed by atoms with E-state index in [9.17, 15) is 110 Å². The van der Waals surface area contributed by atoms with E-state index in [-0.39, 0.29) is 7.11 Å². The van der Waals surface area contributed by atoms with Crippen LogP contribution in [0.2, 0.25) is 0 Å². The van der Waals surface area contributed by atoms with E-state index in [1.54, 1.807) is 0 Å². The van der Waals surface area contributed by atoms with Crippen LogP contribution in [0.3, 0.4) is 0 Å². The van der Waals surface area contributed by atoms with E-state index >= 15 is 0 Å². The molecule has 0 fully saturated rings. The summed E-state index contributed by atoms with van der Waals surface area (Å²) in [6.45, 7) is -3.18. The minimum Gasteiger partial charge on any atom is -0.378 e. The predicted octanol–water partition coefficient (Wildman–Crippen LogP) is 8.18. The Morgan fingerprint density at radius 3 is 0.650 bits per heavy atom. The maximum Gasteiger partial charge on any atom is 0.460 e. The summed E-state index contributed by atoms with van der Waals surface area (Å²) in [7, 11) is -0.107. The zero-order valence-electron chi connectivity index (χ0n) is 17.6. The largest absolute Gasteiger partial charge is 0.460 e. The van der Waals surface area contributed by atoms with Gasteiger partial charge in [-0.1, -0.05) is 0 Å². The van der Waals surface area contributed by atoms with E-state index in [4.69, 9.17) is 0 Å². The molecular formula is C14H5F25O. The fourth-order valence-corrected chi connectivity index (χ4v) is 2.26. The average molecular weight is 664 g/mol. The van der Waals surface area contributed by atoms with Gasteiger partial charge >= 0.3 is 71.3 Å². The van der Waals surface area contributed by atoms with E-state index in [0.29, 0.717) is 0 Å². The molecule has 0 unspecified atom stereocenters. The minimum absolute atomic E-state index is 0.107. The van der Waals surface area contributed by atoms with Crippen molar-refractivity contribution in [1.82, 2.24) is 0 Å². The molecule has 1 nitrogen and oxygen atoms in total. The van der Waals surface area contributed by atoms with Crippen LogP contribution >= 0.6 is 0 Å². The van der Waals surface area contributed by atoms with Gasteiger partial charge in [0.15, 0.2) is 0 Å². The van der Waals surface area contributed by atoms with Crippen molar-refractivity contribution >= 4 is 0 Å². The second kappa shape index (κ2) is 9.36. The van der Waals surface area contributed by atoms with Gasteiger partial charge in [-0.05, 0) is 0 Å². The molecule has 0 spiro atoms. The average Bonchev–Trinajstić information content (AvgIpc) is 2.71. The monoisotopic (exact) mass is 664 g/mol. The Labute approximate surface area is 201 Å². The van der Waals surface area contributed by atoms with Crippen LogP contribution in [0.1, 0.15) is 0 Å². The molecule has 0 aliphatic carbocycles. The molecule has 0 heterocycles. The maximum absolute atomic E-state index is 13.5. The quantitative estimate of drug-likeness (QED) is 0.192. The lowest BCUT2D eigenvalue weighted by molar-refractivity contribution is -0.482. The lowest BCUT2D eigenvalue weighted by Crippen LogP contribution is -2.78. The number of hydrogen-bond donors (Lipinski definition) is 0. The van der Waals surface area contributed by atoms with Crippen molar-refractivity contribution in [1.29, 1.82) is 0 Å². The first-order chi connectivity index (χ1) is 16.8. The zero-order chi connectivity index (χ0) is 33.4. The number of alkyl halides is 25. The van der Waals surface area contributed by atoms with Crippen LogP contribution < -0.4 is 0 Å². The second-order valence-corrected chi connectivity index (χ2v) is 7.38. The van der Waals surface area contributed by atoms with Gasteiger partial charge < -0.3 is 4.74 Å². The predicted molar refractivity (Wildman–Crippen MR) is 72.3 cm³/mol. The Hall–Kier alpha value is -1.79. The summed E-state index contributed by atoms with van der Waals surface area (Å²) in [4.78, 5) is 0. The van der Waals surface area contributed by atoms with Gasteiger partial charge in [0, 0.05) is 7.11 Å². The summed E-state index contributed by atoms with van der Waals surface area (Å²) in [5, 5.41) is 0. The molecule has 0 aliphatic heterocycles. The van der Waals surface area contributed by atoms with Gasteiger partial charge in [-0.3, -0.25) is 0 Å². The Morgan fingerprint density at radius 2 is 0.475 bits per heavy atom. The number of ether oxygens (including phenoxy) is 1. The molecule has 40 heavy (non-hydrogen) atoms. The normalized spacial score (nSPS) is 16.9. The first-order valence-electron chi connectivity index (χ1n) is 8.53. The maximum atomic E-state index is 13.5. The first kappa shape index (κ1) is 38.2. The second-order valence-electron chi connectivity index (χ2n) is 7.38. The molecule has 0 aromatic heterocycles. The summed E-state index contributed by atoms with van der Waals surface area (Å²) in [6, 6.07) is 0. The summed E-state index contributed by atoms with van der Waals surface area (Å²) in [5.41, 5.74) is 0. The topological polar surface area (TPSA) is 9.23 Å². The van der Waals surface area contributed by atoms with Crippen molar-refractivity contribution in [2.75, 3.05) is 13.7 Å². The Kier molecular flexibility index (Phi) is 8.94. The molecular weight excluding hydrogens is 659 g/mol. The molecule has 0 aliphatic rings. The third kappa shape index (κ3) is 4.38. The van der Waals surface area contributed by atoms with E-state index in [0.717, 1.165) is 0 Å². The summed E-state index contributed by atoms with van der Waals surface area (Å²) in [6.07, 6.45) is -8.16. The molecule has 26 heteroatoms. The van der Waals surface area contributed by atoms with Crippen molar-refractivity contribution in [3.05, 3.63) is 0 Å². The van der Waals surface area contributed by atoms with Crippen LogP contribution in [0.4, 0.5) is 110 Å². The van der Waals surface area contributed by atoms with Crippen LogP contribution in [-0.4, -0.2) is 85.0 Å². The molecule has 0 saturated heterocycles. The standard InChI is InChI=1S/C14H5F25O/c1-40-2-3(15,16)4(17,18)5(19,20)6(21,22)7(23,24)8(25,26)9(27,28)10(29,30)11(31,32)12(33,34)13(35,36)14(37,38)39/h2H2,1H3. The molecule has 0 saturated carbocycles. The van der Waals surface area contributed by atoms with Crippen molar-refractivity contribution in [3.8, 4) is 0 Å². The Bertz CT molecular complexity index is 909. The van der Waals surface area contributed by atoms with Gasteiger partial charge in [0.05, 0.1) is 0 Å². The number of halogens is 25. The molecule has 0 aromatic rings. The van der Waals surface area contributed by atoms with Crippen LogP contribution in [0.5, 0.6) is 0 Å². The fourth-order valence-electron chi connectivity index (χ4n) is 2.26. The lowest BCUT2D eigenvalue weighted by Gasteiger charge is -2.45. The van der Waals surface area contributed by atoms with Crippen molar-refractivity contribution < 1.29 is 114 Å². The van der Waals surface area contributed by atoms with Crippen LogP contribution in [0.15, 0.2) is 0 Å². The van der Waals surface area contributed by atoms with E-state index < -0.39 is 77.9 Å². The SMILES string of the molecule is COCC(F)(F)C(F)(F)C(F)(F)C(F)(F)C(F)(F)C(F)(F)C(F)(F)C(F)(F)C(F)(F)C(F)(F)C(F)(F)C(F)(F)F. The summed E-state index contributed by atoms with van der Waals surface area (Å²) >= 11 is 0. The molecule has 0 bridgehead atoms. The van der Waals surface area contributed by atoms with E-state index in [1.165, 1.54) is 0 Å². The van der Waals surface area contributed by atoms with E-state index in [1.807, 2.05) is 0 Å².